The molecule has 9 rings (SSSR count). The maximum atomic E-state index is 5.08. The molecule has 0 radical (unpaired) electrons. The van der Waals surface area contributed by atoms with Crippen molar-refractivity contribution in [2.45, 2.75) is 19.3 Å². The molecular formula is C40H29N3. The lowest BCUT2D eigenvalue weighted by molar-refractivity contribution is 0.661. The topological polar surface area (TPSA) is 22.8 Å². The molecule has 2 aromatic heterocycles. The van der Waals surface area contributed by atoms with Crippen LogP contribution < -0.4 is 0 Å². The van der Waals surface area contributed by atoms with Crippen LogP contribution in [0.3, 0.4) is 0 Å². The molecule has 1 aliphatic carbocycles. The molecule has 3 nitrogen and oxygen atoms in total. The molecule has 0 N–H and O–H groups in total. The Balaban J connectivity index is 1.26. The van der Waals surface area contributed by atoms with E-state index in [4.69, 9.17) is 4.98 Å². The SMILES string of the molecule is CC1(C)c2ccccc2-c2c1ccc1c2c2ccccc2n1-c1ccc(-c2nc3ccccc3n2-c2ccccc2)cc1. The van der Waals surface area contributed by atoms with E-state index in [0.29, 0.717) is 0 Å². The lowest BCUT2D eigenvalue weighted by atomic mass is 9.82. The molecule has 204 valence electrons. The van der Waals surface area contributed by atoms with Crippen LogP contribution in [0, 0.1) is 0 Å². The fraction of sp³-hybridized carbons (Fsp3) is 0.0750. The second kappa shape index (κ2) is 8.80. The van der Waals surface area contributed by atoms with E-state index in [1.54, 1.807) is 0 Å². The van der Waals surface area contributed by atoms with Gasteiger partial charge in [-0.15, -0.1) is 0 Å². The minimum atomic E-state index is -0.0326. The third kappa shape index (κ3) is 3.33. The van der Waals surface area contributed by atoms with Crippen LogP contribution in [-0.4, -0.2) is 14.1 Å². The van der Waals surface area contributed by atoms with Gasteiger partial charge in [0.15, 0.2) is 0 Å². The van der Waals surface area contributed by atoms with Crippen molar-refractivity contribution in [3.63, 3.8) is 0 Å². The van der Waals surface area contributed by atoms with Crippen LogP contribution in [0.4, 0.5) is 0 Å². The van der Waals surface area contributed by atoms with Crippen LogP contribution in [0.5, 0.6) is 0 Å². The molecule has 8 aromatic rings. The van der Waals surface area contributed by atoms with Gasteiger partial charge in [-0.1, -0.05) is 92.7 Å². The molecule has 0 spiro atoms. The quantitative estimate of drug-likeness (QED) is 0.214. The van der Waals surface area contributed by atoms with E-state index in [1.165, 1.54) is 44.1 Å². The highest BCUT2D eigenvalue weighted by Crippen LogP contribution is 2.53. The highest BCUT2D eigenvalue weighted by Gasteiger charge is 2.37. The Hall–Kier alpha value is -5.41. The van der Waals surface area contributed by atoms with Gasteiger partial charge in [-0.3, -0.25) is 4.57 Å². The van der Waals surface area contributed by atoms with Gasteiger partial charge in [-0.25, -0.2) is 4.98 Å². The van der Waals surface area contributed by atoms with Crippen molar-refractivity contribution in [1.82, 2.24) is 14.1 Å². The van der Waals surface area contributed by atoms with Crippen LogP contribution in [0.2, 0.25) is 0 Å². The van der Waals surface area contributed by atoms with Crippen LogP contribution in [0.1, 0.15) is 25.0 Å². The third-order valence-corrected chi connectivity index (χ3v) is 9.34. The molecule has 0 fully saturated rings. The largest absolute Gasteiger partial charge is 0.309 e. The van der Waals surface area contributed by atoms with E-state index in [2.05, 4.69) is 163 Å². The molecule has 0 unspecified atom stereocenters. The molecule has 0 bridgehead atoms. The van der Waals surface area contributed by atoms with Gasteiger partial charge in [0.05, 0.1) is 22.1 Å². The number of hydrogen-bond acceptors (Lipinski definition) is 1. The van der Waals surface area contributed by atoms with Crippen molar-refractivity contribution in [2.75, 3.05) is 0 Å². The van der Waals surface area contributed by atoms with Gasteiger partial charge in [0, 0.05) is 33.1 Å². The summed E-state index contributed by atoms with van der Waals surface area (Å²) < 4.78 is 4.68. The highest BCUT2D eigenvalue weighted by atomic mass is 15.1. The molecule has 6 aromatic carbocycles. The minimum absolute atomic E-state index is 0.0326. The van der Waals surface area contributed by atoms with E-state index < -0.39 is 0 Å². The number of fused-ring (bicyclic) bond motifs is 8. The molecule has 0 atom stereocenters. The minimum Gasteiger partial charge on any atom is -0.309 e. The van der Waals surface area contributed by atoms with E-state index in [1.807, 2.05) is 0 Å². The lowest BCUT2D eigenvalue weighted by Crippen LogP contribution is -2.14. The summed E-state index contributed by atoms with van der Waals surface area (Å²) in [6.07, 6.45) is 0. The molecule has 0 saturated carbocycles. The standard InChI is InChI=1S/C40H29N3/c1-40(2)31-16-8-6-14-29(31)37-32(40)24-25-36-38(37)30-15-7-10-18-34(30)42(36)28-22-20-26(21-23-28)39-41-33-17-9-11-19-35(33)43(39)27-12-4-3-5-13-27/h3-25H,1-2H3. The van der Waals surface area contributed by atoms with Crippen molar-refractivity contribution < 1.29 is 0 Å². The summed E-state index contributed by atoms with van der Waals surface area (Å²) in [5.41, 5.74) is 13.4. The first-order valence-electron chi connectivity index (χ1n) is 14.9. The zero-order valence-corrected chi connectivity index (χ0v) is 24.1. The Kier molecular flexibility index (Phi) is 4.95. The molecule has 0 amide bonds. The van der Waals surface area contributed by atoms with E-state index in [9.17, 15) is 0 Å². The van der Waals surface area contributed by atoms with E-state index in [-0.39, 0.29) is 5.41 Å². The van der Waals surface area contributed by atoms with Gasteiger partial charge in [0.1, 0.15) is 5.82 Å². The summed E-state index contributed by atoms with van der Waals surface area (Å²) in [6.45, 7) is 4.70. The predicted octanol–water partition coefficient (Wildman–Crippen LogP) is 10.1. The van der Waals surface area contributed by atoms with Gasteiger partial charge in [0.25, 0.3) is 0 Å². The summed E-state index contributed by atoms with van der Waals surface area (Å²) in [5.74, 6) is 0.942. The van der Waals surface area contributed by atoms with Crippen molar-refractivity contribution in [2.24, 2.45) is 0 Å². The zero-order chi connectivity index (χ0) is 28.7. The number of rotatable bonds is 3. The first-order valence-corrected chi connectivity index (χ1v) is 14.9. The van der Waals surface area contributed by atoms with Crippen LogP contribution in [0.25, 0.3) is 66.7 Å². The maximum Gasteiger partial charge on any atom is 0.145 e. The Bertz CT molecular complexity index is 2350. The normalized spacial score (nSPS) is 13.5. The van der Waals surface area contributed by atoms with E-state index >= 15 is 0 Å². The van der Waals surface area contributed by atoms with Gasteiger partial charge in [-0.2, -0.15) is 0 Å². The summed E-state index contributed by atoms with van der Waals surface area (Å²) in [5, 5.41) is 2.62. The highest BCUT2D eigenvalue weighted by molar-refractivity contribution is 6.17. The molecule has 0 aliphatic heterocycles. The smallest absolute Gasteiger partial charge is 0.145 e. The second-order valence-corrected chi connectivity index (χ2v) is 12.0. The summed E-state index contributed by atoms with van der Waals surface area (Å²) in [6, 6.07) is 50.2. The van der Waals surface area contributed by atoms with Crippen LogP contribution >= 0.6 is 0 Å². The molecule has 1 aliphatic rings. The Morgan fingerprint density at radius 1 is 0.512 bits per heavy atom. The molecular weight excluding hydrogens is 522 g/mol. The van der Waals surface area contributed by atoms with Crippen molar-refractivity contribution >= 4 is 32.8 Å². The second-order valence-electron chi connectivity index (χ2n) is 12.0. The molecule has 0 saturated heterocycles. The maximum absolute atomic E-state index is 5.08. The van der Waals surface area contributed by atoms with Crippen molar-refractivity contribution in [3.05, 3.63) is 151 Å². The number of aromatic nitrogens is 3. The van der Waals surface area contributed by atoms with Crippen molar-refractivity contribution in [1.29, 1.82) is 0 Å². The fourth-order valence-electron chi connectivity index (χ4n) is 7.35. The average molecular weight is 552 g/mol. The van der Waals surface area contributed by atoms with Gasteiger partial charge in [-0.05, 0) is 82.9 Å². The van der Waals surface area contributed by atoms with Gasteiger partial charge >= 0.3 is 0 Å². The number of para-hydroxylation sites is 4. The third-order valence-electron chi connectivity index (χ3n) is 9.34. The van der Waals surface area contributed by atoms with E-state index in [0.717, 1.165) is 33.8 Å². The molecule has 3 heteroatoms. The Morgan fingerprint density at radius 3 is 2.02 bits per heavy atom. The number of hydrogen-bond donors (Lipinski definition) is 0. The number of nitrogens with zero attached hydrogens (tertiary/aromatic N) is 3. The summed E-state index contributed by atoms with van der Waals surface area (Å²) >= 11 is 0. The summed E-state index contributed by atoms with van der Waals surface area (Å²) in [7, 11) is 0. The van der Waals surface area contributed by atoms with Crippen LogP contribution in [-0.2, 0) is 5.41 Å². The Morgan fingerprint density at radius 2 is 1.19 bits per heavy atom. The lowest BCUT2D eigenvalue weighted by Gasteiger charge is -2.21. The number of imidazole rings is 1. The fourth-order valence-corrected chi connectivity index (χ4v) is 7.35. The predicted molar refractivity (Wildman–Crippen MR) is 178 cm³/mol. The zero-order valence-electron chi connectivity index (χ0n) is 24.1. The van der Waals surface area contributed by atoms with Gasteiger partial charge in [0.2, 0.25) is 0 Å². The van der Waals surface area contributed by atoms with Crippen LogP contribution in [0.15, 0.2) is 140 Å². The number of benzene rings is 6. The molecule has 43 heavy (non-hydrogen) atoms. The first-order chi connectivity index (χ1) is 21.1. The first kappa shape index (κ1) is 24.2. The van der Waals surface area contributed by atoms with Gasteiger partial charge < -0.3 is 4.57 Å². The van der Waals surface area contributed by atoms with Crippen molar-refractivity contribution in [3.8, 4) is 33.9 Å². The monoisotopic (exact) mass is 551 g/mol. The summed E-state index contributed by atoms with van der Waals surface area (Å²) in [4.78, 5) is 5.08. The Labute approximate surface area is 250 Å². The average Bonchev–Trinajstić information content (AvgIpc) is 3.68. The molecule has 2 heterocycles.